The van der Waals surface area contributed by atoms with Gasteiger partial charge in [-0.3, -0.25) is 4.79 Å². The second-order valence-corrected chi connectivity index (χ2v) is 7.56. The van der Waals surface area contributed by atoms with E-state index in [1.165, 1.54) is 6.08 Å². The van der Waals surface area contributed by atoms with Crippen molar-refractivity contribution in [2.75, 3.05) is 5.32 Å². The molecule has 0 unspecified atom stereocenters. The van der Waals surface area contributed by atoms with Gasteiger partial charge in [0.25, 0.3) is 0 Å². The number of carbonyl (C=O) groups excluding carboxylic acids is 1. The Morgan fingerprint density at radius 2 is 1.84 bits per heavy atom. The Labute approximate surface area is 181 Å². The summed E-state index contributed by atoms with van der Waals surface area (Å²) in [6.45, 7) is 4.58. The van der Waals surface area contributed by atoms with Gasteiger partial charge in [0, 0.05) is 23.7 Å². The van der Waals surface area contributed by atoms with Crippen molar-refractivity contribution in [3.63, 3.8) is 0 Å². The first-order valence-electron chi connectivity index (χ1n) is 10.2. The smallest absolute Gasteiger partial charge is 0.248 e. The van der Waals surface area contributed by atoms with Crippen molar-refractivity contribution >= 4 is 28.8 Å². The summed E-state index contributed by atoms with van der Waals surface area (Å²) in [5.41, 5.74) is 4.14. The van der Waals surface area contributed by atoms with Gasteiger partial charge in [-0.05, 0) is 41.5 Å². The molecule has 0 bridgehead atoms. The third-order valence-electron chi connectivity index (χ3n) is 4.72. The Balaban J connectivity index is 1.33. The van der Waals surface area contributed by atoms with Crippen LogP contribution in [0.1, 0.15) is 36.8 Å². The molecule has 31 heavy (non-hydrogen) atoms. The Hall–Kier alpha value is -3.86. The fraction of sp³-hybridized carbons (Fsp3) is 0.154. The number of fused-ring (bicyclic) bond motifs is 1. The molecule has 0 aliphatic carbocycles. The molecule has 4 aromatic rings. The van der Waals surface area contributed by atoms with Gasteiger partial charge >= 0.3 is 0 Å². The maximum Gasteiger partial charge on any atom is 0.248 e. The van der Waals surface area contributed by atoms with Crippen LogP contribution in [0.4, 0.5) is 5.69 Å². The molecule has 5 nitrogen and oxygen atoms in total. The highest BCUT2D eigenvalue weighted by molar-refractivity contribution is 6.02. The molecule has 3 aromatic carbocycles. The fourth-order valence-corrected chi connectivity index (χ4v) is 3.04. The van der Waals surface area contributed by atoms with Crippen molar-refractivity contribution in [2.45, 2.75) is 26.4 Å². The second kappa shape index (κ2) is 9.30. The second-order valence-electron chi connectivity index (χ2n) is 7.56. The number of hydrogen-bond acceptors (Lipinski definition) is 4. The molecular weight excluding hydrogens is 388 g/mol. The van der Waals surface area contributed by atoms with Crippen LogP contribution in [0.25, 0.3) is 17.2 Å². The van der Waals surface area contributed by atoms with Crippen molar-refractivity contribution in [2.24, 2.45) is 0 Å². The van der Waals surface area contributed by atoms with Crippen LogP contribution < -0.4 is 10.1 Å². The maximum absolute atomic E-state index is 12.3. The minimum Gasteiger partial charge on any atom is -0.489 e. The quantitative estimate of drug-likeness (QED) is 0.368. The van der Waals surface area contributed by atoms with E-state index in [-0.39, 0.29) is 11.8 Å². The zero-order valence-corrected chi connectivity index (χ0v) is 17.5. The van der Waals surface area contributed by atoms with Gasteiger partial charge in [0.1, 0.15) is 17.9 Å². The number of amides is 1. The number of nitrogens with one attached hydrogen (secondary N) is 1. The third-order valence-corrected chi connectivity index (χ3v) is 4.72. The predicted octanol–water partition coefficient (Wildman–Crippen LogP) is 6.18. The van der Waals surface area contributed by atoms with E-state index in [1.807, 2.05) is 80.6 Å². The summed E-state index contributed by atoms with van der Waals surface area (Å²) in [6.07, 6.45) is 3.27. The van der Waals surface area contributed by atoms with Crippen LogP contribution in [-0.4, -0.2) is 10.9 Å². The summed E-state index contributed by atoms with van der Waals surface area (Å²) < 4.78 is 11.5. The zero-order valence-electron chi connectivity index (χ0n) is 17.5. The summed E-state index contributed by atoms with van der Waals surface area (Å²) in [6, 6.07) is 23.1. The van der Waals surface area contributed by atoms with Crippen LogP contribution in [-0.2, 0) is 11.4 Å². The van der Waals surface area contributed by atoms with Gasteiger partial charge in [0.2, 0.25) is 5.91 Å². The van der Waals surface area contributed by atoms with Crippen LogP contribution in [0, 0.1) is 0 Å². The van der Waals surface area contributed by atoms with E-state index in [1.54, 1.807) is 12.1 Å². The van der Waals surface area contributed by atoms with Crippen LogP contribution in [0.3, 0.4) is 0 Å². The third kappa shape index (κ3) is 5.39. The number of aromatic nitrogens is 1. The van der Waals surface area contributed by atoms with Crippen molar-refractivity contribution in [1.29, 1.82) is 0 Å². The molecule has 0 atom stereocenters. The summed E-state index contributed by atoms with van der Waals surface area (Å²) in [4.78, 5) is 16.7. The van der Waals surface area contributed by atoms with Crippen LogP contribution in [0.15, 0.2) is 83.3 Å². The number of carbonyl (C=O) groups is 1. The number of nitrogens with zero attached hydrogens (tertiary/aromatic N) is 1. The molecule has 0 saturated heterocycles. The van der Waals surface area contributed by atoms with E-state index >= 15 is 0 Å². The van der Waals surface area contributed by atoms with E-state index in [0.29, 0.717) is 23.8 Å². The van der Waals surface area contributed by atoms with E-state index in [4.69, 9.17) is 9.15 Å². The van der Waals surface area contributed by atoms with E-state index in [9.17, 15) is 4.79 Å². The van der Waals surface area contributed by atoms with E-state index < -0.39 is 0 Å². The molecule has 5 heteroatoms. The standard InChI is InChI=1S/C26H24N2O3/c1-18(2)26-28-23-14-11-21(16-24(23)31-26)27-25(29)15-10-19-8-12-22(13-9-19)30-17-20-6-4-3-5-7-20/h3-16,18H,17H2,1-2H3,(H,27,29)/b15-10+. The van der Waals surface area contributed by atoms with Gasteiger partial charge in [-0.15, -0.1) is 0 Å². The molecule has 0 spiro atoms. The van der Waals surface area contributed by atoms with Gasteiger partial charge in [-0.1, -0.05) is 56.3 Å². The number of anilines is 1. The summed E-state index contributed by atoms with van der Waals surface area (Å²) in [5, 5.41) is 2.85. The zero-order chi connectivity index (χ0) is 21.6. The molecule has 1 heterocycles. The molecule has 1 N–H and O–H groups in total. The Bertz CT molecular complexity index is 1190. The van der Waals surface area contributed by atoms with Gasteiger partial charge in [0.05, 0.1) is 0 Å². The minimum atomic E-state index is -0.215. The summed E-state index contributed by atoms with van der Waals surface area (Å²) in [7, 11) is 0. The number of benzene rings is 3. The molecule has 1 amide bonds. The van der Waals surface area contributed by atoms with Gasteiger partial charge in [0.15, 0.2) is 11.5 Å². The number of oxazole rings is 1. The Morgan fingerprint density at radius 3 is 2.58 bits per heavy atom. The van der Waals surface area contributed by atoms with Gasteiger partial charge in [-0.2, -0.15) is 0 Å². The van der Waals surface area contributed by atoms with Crippen LogP contribution in [0.5, 0.6) is 5.75 Å². The monoisotopic (exact) mass is 412 g/mol. The first-order chi connectivity index (χ1) is 15.1. The first-order valence-corrected chi connectivity index (χ1v) is 10.2. The number of rotatable bonds is 7. The van der Waals surface area contributed by atoms with Gasteiger partial charge < -0.3 is 14.5 Å². The Kier molecular flexibility index (Phi) is 6.13. The lowest BCUT2D eigenvalue weighted by Crippen LogP contribution is -2.07. The number of ether oxygens (including phenoxy) is 1. The van der Waals surface area contributed by atoms with Crippen LogP contribution >= 0.6 is 0 Å². The largest absolute Gasteiger partial charge is 0.489 e. The lowest BCUT2D eigenvalue weighted by molar-refractivity contribution is -0.111. The lowest BCUT2D eigenvalue weighted by atomic mass is 10.2. The van der Waals surface area contributed by atoms with Crippen molar-refractivity contribution < 1.29 is 13.9 Å². The lowest BCUT2D eigenvalue weighted by Gasteiger charge is -2.06. The molecule has 4 rings (SSSR count). The highest BCUT2D eigenvalue weighted by Crippen LogP contribution is 2.24. The molecule has 156 valence electrons. The average Bonchev–Trinajstić information content (AvgIpc) is 3.22. The first kappa shape index (κ1) is 20.4. The molecule has 0 radical (unpaired) electrons. The minimum absolute atomic E-state index is 0.212. The van der Waals surface area contributed by atoms with Gasteiger partial charge in [-0.25, -0.2) is 4.98 Å². The number of hydrogen-bond donors (Lipinski definition) is 1. The van der Waals surface area contributed by atoms with Crippen LogP contribution in [0.2, 0.25) is 0 Å². The summed E-state index contributed by atoms with van der Waals surface area (Å²) in [5.74, 6) is 1.47. The van der Waals surface area contributed by atoms with Crippen molar-refractivity contribution in [3.8, 4) is 5.75 Å². The summed E-state index contributed by atoms with van der Waals surface area (Å²) >= 11 is 0. The molecule has 0 aliphatic rings. The van der Waals surface area contributed by atoms with E-state index in [0.717, 1.165) is 22.4 Å². The van der Waals surface area contributed by atoms with E-state index in [2.05, 4.69) is 10.3 Å². The normalized spacial score (nSPS) is 11.3. The SMILES string of the molecule is CC(C)c1nc2ccc(NC(=O)/C=C/c3ccc(OCc4ccccc4)cc3)cc2o1. The molecule has 0 fully saturated rings. The molecule has 0 saturated carbocycles. The average molecular weight is 412 g/mol. The molecular formula is C26H24N2O3. The molecule has 0 aliphatic heterocycles. The molecule has 1 aromatic heterocycles. The maximum atomic E-state index is 12.3. The van der Waals surface area contributed by atoms with Crippen molar-refractivity contribution in [1.82, 2.24) is 4.98 Å². The highest BCUT2D eigenvalue weighted by Gasteiger charge is 2.10. The topological polar surface area (TPSA) is 64.4 Å². The fourth-order valence-electron chi connectivity index (χ4n) is 3.04. The highest BCUT2D eigenvalue weighted by atomic mass is 16.5. The van der Waals surface area contributed by atoms with Crippen molar-refractivity contribution in [3.05, 3.63) is 95.9 Å². The Morgan fingerprint density at radius 1 is 1.06 bits per heavy atom. The predicted molar refractivity (Wildman–Crippen MR) is 123 cm³/mol.